The lowest BCUT2D eigenvalue weighted by atomic mass is 10.0. The van der Waals surface area contributed by atoms with Gasteiger partial charge in [0, 0.05) is 5.56 Å². The summed E-state index contributed by atoms with van der Waals surface area (Å²) in [4.78, 5) is 5.59. The van der Waals surface area contributed by atoms with E-state index in [2.05, 4.69) is 16.9 Å². The lowest BCUT2D eigenvalue weighted by Gasteiger charge is -2.18. The Hall–Kier alpha value is -2.63. The maximum absolute atomic E-state index is 13.3. The second kappa shape index (κ2) is 10.7. The van der Waals surface area contributed by atoms with Crippen LogP contribution in [0, 0.1) is 0 Å². The first-order valence-corrected chi connectivity index (χ1v) is 14.1. The van der Waals surface area contributed by atoms with E-state index in [1.807, 2.05) is 13.8 Å². The van der Waals surface area contributed by atoms with E-state index in [9.17, 15) is 21.4 Å². The molecule has 1 aromatic heterocycles. The van der Waals surface area contributed by atoms with E-state index in [0.717, 1.165) is 55.4 Å². The highest BCUT2D eigenvalue weighted by molar-refractivity contribution is 7.87. The van der Waals surface area contributed by atoms with Crippen LogP contribution < -0.4 is 8.92 Å². The molecular formula is C23H30N2O7S2. The number of nitrogens with zero attached hydrogens (tertiary/aromatic N) is 1. The molecule has 0 saturated carbocycles. The quantitative estimate of drug-likeness (QED) is 0.204. The molecule has 0 aliphatic rings. The number of benzene rings is 2. The van der Waals surface area contributed by atoms with Crippen molar-refractivity contribution in [1.29, 1.82) is 0 Å². The van der Waals surface area contributed by atoms with Crippen molar-refractivity contribution in [2.45, 2.75) is 69.1 Å². The van der Waals surface area contributed by atoms with E-state index in [-0.39, 0.29) is 16.8 Å². The Labute approximate surface area is 200 Å². The Bertz CT molecular complexity index is 1360. The standard InChI is InChI=1S/C23H30N2O7S2/c1-4-7-8-9-12-31-23-18(6-3)16(5-2)10-11-20(23)32-34(29,30)21-14-17(33(26,27)28)13-19-22(21)25-15-24-19/h10-11,13-15H,4-9,12H2,1-3H3,(H,24,25)(H,26,27,28). The van der Waals surface area contributed by atoms with Gasteiger partial charge in [0.2, 0.25) is 0 Å². The molecule has 34 heavy (non-hydrogen) atoms. The fourth-order valence-electron chi connectivity index (χ4n) is 3.79. The maximum Gasteiger partial charge on any atom is 0.341 e. The molecule has 9 nitrogen and oxygen atoms in total. The zero-order valence-corrected chi connectivity index (χ0v) is 21.1. The van der Waals surface area contributed by atoms with Crippen molar-refractivity contribution in [3.8, 4) is 11.5 Å². The van der Waals surface area contributed by atoms with E-state index in [0.29, 0.717) is 18.8 Å². The second-order valence-corrected chi connectivity index (χ2v) is 10.8. The number of nitrogens with one attached hydrogen (secondary N) is 1. The molecule has 0 spiro atoms. The van der Waals surface area contributed by atoms with Gasteiger partial charge < -0.3 is 13.9 Å². The molecule has 2 aromatic carbocycles. The zero-order valence-electron chi connectivity index (χ0n) is 19.5. The van der Waals surface area contributed by atoms with Crippen molar-refractivity contribution in [3.05, 3.63) is 41.7 Å². The van der Waals surface area contributed by atoms with Gasteiger partial charge in [-0.15, -0.1) is 0 Å². The summed E-state index contributed by atoms with van der Waals surface area (Å²) in [5.41, 5.74) is 2.01. The summed E-state index contributed by atoms with van der Waals surface area (Å²) in [6.07, 6.45) is 6.58. The van der Waals surface area contributed by atoms with Gasteiger partial charge in [0.15, 0.2) is 11.5 Å². The molecule has 0 bridgehead atoms. The van der Waals surface area contributed by atoms with Crippen molar-refractivity contribution < 1.29 is 30.3 Å². The van der Waals surface area contributed by atoms with E-state index in [1.54, 1.807) is 12.1 Å². The molecule has 0 aliphatic heterocycles. The minimum absolute atomic E-state index is 0.00433. The van der Waals surface area contributed by atoms with Crippen molar-refractivity contribution in [2.24, 2.45) is 0 Å². The van der Waals surface area contributed by atoms with Gasteiger partial charge in [0.1, 0.15) is 10.4 Å². The van der Waals surface area contributed by atoms with Gasteiger partial charge in [-0.1, -0.05) is 46.1 Å². The van der Waals surface area contributed by atoms with Crippen LogP contribution in [0.3, 0.4) is 0 Å². The highest BCUT2D eigenvalue weighted by atomic mass is 32.2. The van der Waals surface area contributed by atoms with Crippen LogP contribution in [0.15, 0.2) is 40.4 Å². The van der Waals surface area contributed by atoms with Gasteiger partial charge in [-0.3, -0.25) is 4.55 Å². The van der Waals surface area contributed by atoms with Crippen LogP contribution >= 0.6 is 0 Å². The van der Waals surface area contributed by atoms with E-state index in [1.165, 1.54) is 6.33 Å². The number of aromatic nitrogens is 2. The molecule has 3 aromatic rings. The zero-order chi connectivity index (χ0) is 24.9. The average molecular weight is 511 g/mol. The normalized spacial score (nSPS) is 12.2. The minimum atomic E-state index is -4.67. The first-order valence-electron chi connectivity index (χ1n) is 11.3. The number of hydrogen-bond donors (Lipinski definition) is 2. The molecule has 3 rings (SSSR count). The molecule has 0 atom stereocenters. The number of rotatable bonds is 12. The molecule has 186 valence electrons. The van der Waals surface area contributed by atoms with Gasteiger partial charge >= 0.3 is 10.1 Å². The number of aryl methyl sites for hydroxylation is 1. The predicted molar refractivity (Wildman–Crippen MR) is 129 cm³/mol. The SMILES string of the molecule is CCCCCCOc1c(OS(=O)(=O)c2cc(S(=O)(=O)O)cc3[nH]cnc23)ccc(CC)c1CC. The van der Waals surface area contributed by atoms with Gasteiger partial charge in [-0.25, -0.2) is 4.98 Å². The summed E-state index contributed by atoms with van der Waals surface area (Å²) < 4.78 is 71.0. The highest BCUT2D eigenvalue weighted by Crippen LogP contribution is 2.37. The second-order valence-electron chi connectivity index (χ2n) is 7.88. The molecule has 0 aliphatic carbocycles. The van der Waals surface area contributed by atoms with Crippen LogP contribution in [0.4, 0.5) is 0 Å². The van der Waals surface area contributed by atoms with Crippen molar-refractivity contribution in [2.75, 3.05) is 6.61 Å². The Morgan fingerprint density at radius 1 is 1.00 bits per heavy atom. The molecule has 0 fully saturated rings. The van der Waals surface area contributed by atoms with Crippen LogP contribution in [0.25, 0.3) is 11.0 Å². The summed E-state index contributed by atoms with van der Waals surface area (Å²) >= 11 is 0. The average Bonchev–Trinajstić information content (AvgIpc) is 3.26. The van der Waals surface area contributed by atoms with E-state index < -0.39 is 30.0 Å². The maximum atomic E-state index is 13.3. The summed E-state index contributed by atoms with van der Waals surface area (Å²) in [6.45, 7) is 6.49. The van der Waals surface area contributed by atoms with Crippen molar-refractivity contribution in [3.63, 3.8) is 0 Å². The van der Waals surface area contributed by atoms with Crippen LogP contribution in [0.5, 0.6) is 11.5 Å². The Morgan fingerprint density at radius 3 is 2.41 bits per heavy atom. The molecule has 2 N–H and O–H groups in total. The molecular weight excluding hydrogens is 480 g/mol. The number of fused-ring (bicyclic) bond motifs is 1. The Balaban J connectivity index is 2.05. The fourth-order valence-corrected chi connectivity index (χ4v) is 5.52. The Morgan fingerprint density at radius 2 is 1.76 bits per heavy atom. The van der Waals surface area contributed by atoms with Gasteiger partial charge in [-0.05, 0) is 43.0 Å². The van der Waals surface area contributed by atoms with Crippen molar-refractivity contribution in [1.82, 2.24) is 9.97 Å². The van der Waals surface area contributed by atoms with Gasteiger partial charge in [-0.2, -0.15) is 16.8 Å². The minimum Gasteiger partial charge on any atom is -0.489 e. The molecule has 1 heterocycles. The summed E-state index contributed by atoms with van der Waals surface area (Å²) in [5, 5.41) is 0. The third kappa shape index (κ3) is 5.70. The third-order valence-corrected chi connectivity index (χ3v) is 7.61. The molecule has 0 unspecified atom stereocenters. The number of unbranched alkanes of at least 4 members (excludes halogenated alkanes) is 3. The molecule has 0 radical (unpaired) electrons. The number of imidazole rings is 1. The number of aromatic amines is 1. The summed E-state index contributed by atoms with van der Waals surface area (Å²) in [6, 6.07) is 5.28. The van der Waals surface area contributed by atoms with Crippen molar-refractivity contribution >= 4 is 31.3 Å². The third-order valence-electron chi connectivity index (χ3n) is 5.53. The molecule has 0 amide bonds. The number of H-pyrrole nitrogens is 1. The lowest BCUT2D eigenvalue weighted by Crippen LogP contribution is -2.14. The summed E-state index contributed by atoms with van der Waals surface area (Å²) in [7, 11) is -9.20. The van der Waals surface area contributed by atoms with Crippen LogP contribution in [0.1, 0.15) is 57.6 Å². The first kappa shape index (κ1) is 26.0. The van der Waals surface area contributed by atoms with Crippen LogP contribution in [-0.4, -0.2) is 38.0 Å². The fraction of sp³-hybridized carbons (Fsp3) is 0.435. The lowest BCUT2D eigenvalue weighted by molar-refractivity contribution is 0.293. The number of ether oxygens (including phenoxy) is 1. The predicted octanol–water partition coefficient (Wildman–Crippen LogP) is 4.66. The number of hydrogen-bond acceptors (Lipinski definition) is 7. The first-order chi connectivity index (χ1) is 16.1. The molecule has 11 heteroatoms. The van der Waals surface area contributed by atoms with Crippen LogP contribution in [-0.2, 0) is 33.1 Å². The van der Waals surface area contributed by atoms with Crippen LogP contribution in [0.2, 0.25) is 0 Å². The topological polar surface area (TPSA) is 136 Å². The van der Waals surface area contributed by atoms with E-state index in [4.69, 9.17) is 8.92 Å². The molecule has 0 saturated heterocycles. The smallest absolute Gasteiger partial charge is 0.341 e. The summed E-state index contributed by atoms with van der Waals surface area (Å²) in [5.74, 6) is 0.386. The van der Waals surface area contributed by atoms with E-state index >= 15 is 0 Å². The largest absolute Gasteiger partial charge is 0.489 e. The van der Waals surface area contributed by atoms with Gasteiger partial charge in [0.25, 0.3) is 10.1 Å². The monoisotopic (exact) mass is 510 g/mol. The highest BCUT2D eigenvalue weighted by Gasteiger charge is 2.27. The van der Waals surface area contributed by atoms with Gasteiger partial charge in [0.05, 0.1) is 23.3 Å². The Kier molecular flexibility index (Phi) is 8.21.